The minimum absolute atomic E-state index is 0.398. The molecule has 3 aromatic carbocycles. The van der Waals surface area contributed by atoms with Crippen molar-refractivity contribution in [2.24, 2.45) is 0 Å². The Morgan fingerprint density at radius 2 is 1.21 bits per heavy atom. The smallest absolute Gasteiger partial charge is 0.189 e. The molecule has 3 aromatic rings. The van der Waals surface area contributed by atoms with Crippen molar-refractivity contribution in [1.29, 1.82) is 0 Å². The van der Waals surface area contributed by atoms with Crippen LogP contribution in [-0.4, -0.2) is 14.2 Å². The van der Waals surface area contributed by atoms with E-state index in [-0.39, 0.29) is 0 Å². The fourth-order valence-corrected chi connectivity index (χ4v) is 2.97. The van der Waals surface area contributed by atoms with E-state index in [1.807, 2.05) is 36.4 Å². The average Bonchev–Trinajstić information content (AvgIpc) is 2.68. The maximum absolute atomic E-state index is 16.6. The van der Waals surface area contributed by atoms with Crippen molar-refractivity contribution in [1.82, 2.24) is 0 Å². The lowest BCUT2D eigenvalue weighted by molar-refractivity contribution is 0.264. The van der Waals surface area contributed by atoms with Gasteiger partial charge in [0, 0.05) is 5.56 Å². The van der Waals surface area contributed by atoms with E-state index in [0.717, 1.165) is 0 Å². The zero-order chi connectivity index (χ0) is 17.0. The molecule has 0 saturated heterocycles. The summed E-state index contributed by atoms with van der Waals surface area (Å²) in [5.41, 5.74) is -0.338. The highest BCUT2D eigenvalue weighted by Crippen LogP contribution is 2.47. The van der Waals surface area contributed by atoms with Crippen LogP contribution in [0.15, 0.2) is 78.9 Å². The summed E-state index contributed by atoms with van der Waals surface area (Å²) >= 11 is 0. The van der Waals surface area contributed by atoms with Gasteiger partial charge in [0.05, 0.1) is 14.2 Å². The topological polar surface area (TPSA) is 18.5 Å². The number of benzene rings is 3. The minimum atomic E-state index is -1.84. The number of methoxy groups -OCH3 is 2. The fraction of sp³-hybridized carbons (Fsp3) is 0.143. The average molecular weight is 322 g/mol. The van der Waals surface area contributed by atoms with Crippen LogP contribution in [0.1, 0.15) is 16.7 Å². The molecule has 2 nitrogen and oxygen atoms in total. The van der Waals surface area contributed by atoms with Gasteiger partial charge in [0.2, 0.25) is 0 Å². The molecule has 122 valence electrons. The minimum Gasteiger partial charge on any atom is -0.493 e. The van der Waals surface area contributed by atoms with Crippen LogP contribution < -0.4 is 9.47 Å². The van der Waals surface area contributed by atoms with E-state index < -0.39 is 5.67 Å². The number of para-hydroxylation sites is 1. The molecule has 3 heteroatoms. The summed E-state index contributed by atoms with van der Waals surface area (Å²) < 4.78 is 27.5. The van der Waals surface area contributed by atoms with Gasteiger partial charge in [-0.1, -0.05) is 72.8 Å². The first-order valence-corrected chi connectivity index (χ1v) is 7.73. The summed E-state index contributed by atoms with van der Waals surface area (Å²) in [7, 11) is 3.07. The molecule has 0 amide bonds. The third-order valence-corrected chi connectivity index (χ3v) is 4.12. The van der Waals surface area contributed by atoms with Crippen molar-refractivity contribution in [3.8, 4) is 11.5 Å². The molecule has 0 aromatic heterocycles. The highest BCUT2D eigenvalue weighted by molar-refractivity contribution is 5.57. The van der Waals surface area contributed by atoms with E-state index in [9.17, 15) is 0 Å². The van der Waals surface area contributed by atoms with Crippen molar-refractivity contribution < 1.29 is 13.9 Å². The Hall–Kier alpha value is -2.81. The van der Waals surface area contributed by atoms with E-state index in [0.29, 0.717) is 28.2 Å². The predicted octanol–water partition coefficient (Wildman–Crippen LogP) is 4.97. The zero-order valence-corrected chi connectivity index (χ0v) is 13.7. The number of ether oxygens (including phenoxy) is 2. The largest absolute Gasteiger partial charge is 0.493 e. The second-order valence-electron chi connectivity index (χ2n) is 5.43. The van der Waals surface area contributed by atoms with Crippen LogP contribution in [0.2, 0.25) is 0 Å². The van der Waals surface area contributed by atoms with Gasteiger partial charge in [-0.05, 0) is 17.2 Å². The first-order chi connectivity index (χ1) is 11.7. The van der Waals surface area contributed by atoms with Crippen LogP contribution in [0.4, 0.5) is 4.39 Å². The summed E-state index contributed by atoms with van der Waals surface area (Å²) in [6.45, 7) is 0. The first-order valence-electron chi connectivity index (χ1n) is 7.73. The van der Waals surface area contributed by atoms with Gasteiger partial charge >= 0.3 is 0 Å². The van der Waals surface area contributed by atoms with Crippen LogP contribution in [0, 0.1) is 0 Å². The Morgan fingerprint density at radius 1 is 0.667 bits per heavy atom. The van der Waals surface area contributed by atoms with Crippen LogP contribution in [-0.2, 0) is 5.67 Å². The number of hydrogen-bond donors (Lipinski definition) is 0. The molecule has 0 heterocycles. The second-order valence-corrected chi connectivity index (χ2v) is 5.43. The molecule has 0 aliphatic heterocycles. The van der Waals surface area contributed by atoms with Crippen LogP contribution in [0.25, 0.3) is 0 Å². The Balaban J connectivity index is 2.32. The number of rotatable bonds is 5. The third-order valence-electron chi connectivity index (χ3n) is 4.12. The molecule has 0 atom stereocenters. The van der Waals surface area contributed by atoms with E-state index in [1.54, 1.807) is 49.6 Å². The summed E-state index contributed by atoms with van der Waals surface area (Å²) in [5, 5.41) is 0. The van der Waals surface area contributed by atoms with E-state index >= 15 is 4.39 Å². The standard InChI is InChI=1S/C21H19FO2/c1-23-19-15-9-14-18(20(19)24-2)21(22,16-10-5-3-6-11-16)17-12-7-4-8-13-17/h3-15H,1-2H3. The molecular weight excluding hydrogens is 303 g/mol. The molecule has 0 spiro atoms. The van der Waals surface area contributed by atoms with Crippen molar-refractivity contribution >= 4 is 0 Å². The highest BCUT2D eigenvalue weighted by Gasteiger charge is 2.39. The molecule has 0 saturated carbocycles. The van der Waals surface area contributed by atoms with Gasteiger partial charge in [-0.15, -0.1) is 0 Å². The summed E-state index contributed by atoms with van der Waals surface area (Å²) in [6.07, 6.45) is 0. The van der Waals surface area contributed by atoms with Gasteiger partial charge in [0.25, 0.3) is 0 Å². The molecule has 0 fully saturated rings. The maximum Gasteiger partial charge on any atom is 0.189 e. The number of alkyl halides is 1. The van der Waals surface area contributed by atoms with E-state index in [2.05, 4.69) is 0 Å². The molecule has 0 N–H and O–H groups in total. The Morgan fingerprint density at radius 3 is 1.67 bits per heavy atom. The number of halogens is 1. The van der Waals surface area contributed by atoms with Gasteiger partial charge < -0.3 is 9.47 Å². The third kappa shape index (κ3) is 2.62. The van der Waals surface area contributed by atoms with E-state index in [1.165, 1.54) is 7.11 Å². The van der Waals surface area contributed by atoms with Gasteiger partial charge in [-0.3, -0.25) is 0 Å². The lowest BCUT2D eigenvalue weighted by Crippen LogP contribution is -2.24. The summed E-state index contributed by atoms with van der Waals surface area (Å²) in [6, 6.07) is 23.5. The lowest BCUT2D eigenvalue weighted by Gasteiger charge is -2.29. The van der Waals surface area contributed by atoms with Crippen LogP contribution >= 0.6 is 0 Å². The molecular formula is C21H19FO2. The molecule has 0 unspecified atom stereocenters. The Labute approximate surface area is 141 Å². The van der Waals surface area contributed by atoms with Gasteiger partial charge in [-0.25, -0.2) is 4.39 Å². The lowest BCUT2D eigenvalue weighted by atomic mass is 9.81. The molecule has 3 rings (SSSR count). The normalized spacial score (nSPS) is 11.1. The molecule has 24 heavy (non-hydrogen) atoms. The quantitative estimate of drug-likeness (QED) is 0.618. The van der Waals surface area contributed by atoms with Crippen LogP contribution in [0.5, 0.6) is 11.5 Å². The second kappa shape index (κ2) is 6.75. The Kier molecular flexibility index (Phi) is 4.52. The van der Waals surface area contributed by atoms with Crippen molar-refractivity contribution in [2.75, 3.05) is 14.2 Å². The fourth-order valence-electron chi connectivity index (χ4n) is 2.97. The van der Waals surface area contributed by atoms with Gasteiger partial charge in [0.1, 0.15) is 0 Å². The van der Waals surface area contributed by atoms with Gasteiger partial charge in [-0.2, -0.15) is 0 Å². The summed E-state index contributed by atoms with van der Waals surface area (Å²) in [5.74, 6) is 0.902. The number of hydrogen-bond acceptors (Lipinski definition) is 2. The molecule has 0 radical (unpaired) electrons. The van der Waals surface area contributed by atoms with Crippen molar-refractivity contribution in [3.05, 3.63) is 95.6 Å². The summed E-state index contributed by atoms with van der Waals surface area (Å²) in [4.78, 5) is 0. The first kappa shape index (κ1) is 16.1. The molecule has 0 aliphatic rings. The monoisotopic (exact) mass is 322 g/mol. The van der Waals surface area contributed by atoms with Crippen molar-refractivity contribution in [3.63, 3.8) is 0 Å². The van der Waals surface area contributed by atoms with Crippen LogP contribution in [0.3, 0.4) is 0 Å². The molecule has 0 aliphatic carbocycles. The zero-order valence-electron chi connectivity index (χ0n) is 13.7. The van der Waals surface area contributed by atoms with E-state index in [4.69, 9.17) is 9.47 Å². The van der Waals surface area contributed by atoms with Gasteiger partial charge in [0.15, 0.2) is 17.2 Å². The predicted molar refractivity (Wildman–Crippen MR) is 93.4 cm³/mol. The van der Waals surface area contributed by atoms with Crippen molar-refractivity contribution in [2.45, 2.75) is 5.67 Å². The highest BCUT2D eigenvalue weighted by atomic mass is 19.1. The maximum atomic E-state index is 16.6. The SMILES string of the molecule is COc1cccc(C(F)(c2ccccc2)c2ccccc2)c1OC. The molecule has 0 bridgehead atoms. The Bertz CT molecular complexity index is 761.